The highest BCUT2D eigenvalue weighted by Crippen LogP contribution is 2.34. The Bertz CT molecular complexity index is 1300. The maximum absolute atomic E-state index is 12.9. The summed E-state index contributed by atoms with van der Waals surface area (Å²) in [6.07, 6.45) is 1.53. The van der Waals surface area contributed by atoms with Crippen LogP contribution in [0.2, 0.25) is 0 Å². The molecule has 154 valence electrons. The van der Waals surface area contributed by atoms with Crippen LogP contribution in [0.4, 0.5) is 5.69 Å². The molecule has 0 radical (unpaired) electrons. The Morgan fingerprint density at radius 3 is 2.63 bits per heavy atom. The lowest BCUT2D eigenvalue weighted by Crippen LogP contribution is -2.23. The zero-order valence-electron chi connectivity index (χ0n) is 17.1. The summed E-state index contributed by atoms with van der Waals surface area (Å²) in [5, 5.41) is 4.57. The van der Waals surface area contributed by atoms with Crippen LogP contribution in [0.1, 0.15) is 16.1 Å². The fourth-order valence-electron chi connectivity index (χ4n) is 3.28. The van der Waals surface area contributed by atoms with Crippen LogP contribution in [0.25, 0.3) is 15.9 Å². The van der Waals surface area contributed by atoms with E-state index in [0.29, 0.717) is 11.4 Å². The summed E-state index contributed by atoms with van der Waals surface area (Å²) >= 11 is 2.98. The molecule has 0 saturated heterocycles. The van der Waals surface area contributed by atoms with Crippen LogP contribution >= 0.6 is 23.1 Å². The fraction of sp³-hybridized carbons (Fsp3) is 0.238. The fourth-order valence-corrected chi connectivity index (χ4v) is 5.20. The number of aryl methyl sites for hydroxylation is 2. The molecule has 0 aliphatic carbocycles. The summed E-state index contributed by atoms with van der Waals surface area (Å²) in [5.41, 5.74) is 2.62. The second kappa shape index (κ2) is 8.08. The quantitative estimate of drug-likeness (QED) is 0.377. The maximum Gasteiger partial charge on any atom is 0.295 e. The molecule has 0 aliphatic heterocycles. The number of para-hydroxylation sites is 1. The first-order chi connectivity index (χ1) is 14.4. The van der Waals surface area contributed by atoms with E-state index in [1.54, 1.807) is 27.7 Å². The Hall–Kier alpha value is -2.91. The van der Waals surface area contributed by atoms with Crippen molar-refractivity contribution in [2.75, 3.05) is 11.1 Å². The van der Waals surface area contributed by atoms with Crippen LogP contribution in [0, 0.1) is 20.8 Å². The molecule has 7 nitrogen and oxygen atoms in total. The van der Waals surface area contributed by atoms with Crippen LogP contribution in [0.3, 0.4) is 0 Å². The van der Waals surface area contributed by atoms with E-state index in [-0.39, 0.29) is 17.2 Å². The smallest absolute Gasteiger partial charge is 0.295 e. The number of carbonyl (C=O) groups is 1. The Kier molecular flexibility index (Phi) is 5.48. The van der Waals surface area contributed by atoms with E-state index in [4.69, 9.17) is 0 Å². The predicted octanol–water partition coefficient (Wildman–Crippen LogP) is 3.84. The van der Waals surface area contributed by atoms with E-state index >= 15 is 0 Å². The molecule has 9 heteroatoms. The summed E-state index contributed by atoms with van der Waals surface area (Å²) in [5.74, 6) is -0.0955. The largest absolute Gasteiger partial charge is 0.319 e. The number of nitrogens with one attached hydrogen (secondary N) is 1. The second-order valence-corrected chi connectivity index (χ2v) is 9.08. The van der Waals surface area contributed by atoms with Gasteiger partial charge in [-0.1, -0.05) is 30.0 Å². The molecule has 4 aromatic rings. The minimum absolute atomic E-state index is 0.152. The minimum Gasteiger partial charge on any atom is -0.319 e. The van der Waals surface area contributed by atoms with Crippen LogP contribution < -0.4 is 10.9 Å². The van der Waals surface area contributed by atoms with Crippen LogP contribution in [0.5, 0.6) is 0 Å². The van der Waals surface area contributed by atoms with Gasteiger partial charge in [0, 0.05) is 17.3 Å². The number of carbonyl (C=O) groups excluding carboxylic acids is 1. The number of anilines is 1. The van der Waals surface area contributed by atoms with Crippen molar-refractivity contribution >= 4 is 44.9 Å². The Labute approximate surface area is 181 Å². The van der Waals surface area contributed by atoms with E-state index < -0.39 is 0 Å². The Morgan fingerprint density at radius 2 is 1.90 bits per heavy atom. The number of nitrogens with zero attached hydrogens (tertiary/aromatic N) is 4. The number of hydrogen-bond donors (Lipinski definition) is 1. The highest BCUT2D eigenvalue weighted by Gasteiger charge is 2.19. The molecule has 0 spiro atoms. The van der Waals surface area contributed by atoms with Gasteiger partial charge in [0.15, 0.2) is 0 Å². The molecule has 1 amide bonds. The monoisotopic (exact) mass is 439 g/mol. The summed E-state index contributed by atoms with van der Waals surface area (Å²) in [6, 6.07) is 9.35. The van der Waals surface area contributed by atoms with Gasteiger partial charge in [0.25, 0.3) is 5.56 Å². The topological polar surface area (TPSA) is 81.8 Å². The van der Waals surface area contributed by atoms with Gasteiger partial charge in [-0.15, -0.1) is 11.3 Å². The van der Waals surface area contributed by atoms with Gasteiger partial charge in [-0.05, 0) is 38.5 Å². The molecule has 30 heavy (non-hydrogen) atoms. The summed E-state index contributed by atoms with van der Waals surface area (Å²) in [7, 11) is 1.80. The lowest BCUT2D eigenvalue weighted by molar-refractivity contribution is -0.113. The predicted molar refractivity (Wildman–Crippen MR) is 122 cm³/mol. The van der Waals surface area contributed by atoms with Crippen LogP contribution in [-0.4, -0.2) is 31.0 Å². The SMILES string of the molecule is Cc1sc2ncnc(SCC(=O)Nc3c(C)n(C)n(-c4ccccc4)c3=O)c2c1C. The number of amides is 1. The lowest BCUT2D eigenvalue weighted by Gasteiger charge is -2.07. The third-order valence-electron chi connectivity index (χ3n) is 5.09. The average molecular weight is 440 g/mol. The average Bonchev–Trinajstić information content (AvgIpc) is 3.15. The molecule has 1 N–H and O–H groups in total. The summed E-state index contributed by atoms with van der Waals surface area (Å²) in [4.78, 5) is 36.4. The van der Waals surface area contributed by atoms with E-state index in [9.17, 15) is 9.59 Å². The zero-order valence-corrected chi connectivity index (χ0v) is 18.7. The molecule has 1 aromatic carbocycles. The number of aromatic nitrogens is 4. The molecular weight excluding hydrogens is 418 g/mol. The molecule has 0 atom stereocenters. The van der Waals surface area contributed by atoms with Crippen molar-refractivity contribution in [1.29, 1.82) is 0 Å². The van der Waals surface area contributed by atoms with E-state index in [0.717, 1.165) is 26.5 Å². The third-order valence-corrected chi connectivity index (χ3v) is 7.19. The normalized spacial score (nSPS) is 11.2. The van der Waals surface area contributed by atoms with Crippen molar-refractivity contribution < 1.29 is 4.79 Å². The van der Waals surface area contributed by atoms with Crippen molar-refractivity contribution in [3.63, 3.8) is 0 Å². The van der Waals surface area contributed by atoms with E-state index in [2.05, 4.69) is 22.2 Å². The van der Waals surface area contributed by atoms with Crippen molar-refractivity contribution in [3.8, 4) is 5.69 Å². The molecule has 0 fully saturated rings. The highest BCUT2D eigenvalue weighted by atomic mass is 32.2. The summed E-state index contributed by atoms with van der Waals surface area (Å²) in [6.45, 7) is 5.91. The molecular formula is C21H21N5O2S2. The lowest BCUT2D eigenvalue weighted by atomic mass is 10.2. The number of benzene rings is 1. The van der Waals surface area contributed by atoms with Gasteiger partial charge in [-0.25, -0.2) is 14.6 Å². The standard InChI is InChI=1S/C21H21N5O2S2/c1-12-14(3)30-20-17(12)19(22-11-23-20)29-10-16(27)24-18-13(2)25(4)26(21(18)28)15-8-6-5-7-9-15/h5-9,11H,10H2,1-4H3,(H,24,27). The van der Waals surface area contributed by atoms with Gasteiger partial charge in [-0.3, -0.25) is 14.3 Å². The number of thioether (sulfide) groups is 1. The Morgan fingerprint density at radius 1 is 1.17 bits per heavy atom. The van der Waals surface area contributed by atoms with Gasteiger partial charge < -0.3 is 5.32 Å². The molecule has 4 rings (SSSR count). The number of thiophene rings is 1. The number of hydrogen-bond acceptors (Lipinski definition) is 6. The minimum atomic E-state index is -0.256. The molecule has 3 aromatic heterocycles. The van der Waals surface area contributed by atoms with E-state index in [1.165, 1.54) is 23.0 Å². The Balaban J connectivity index is 1.55. The van der Waals surface area contributed by atoms with Gasteiger partial charge in [-0.2, -0.15) is 0 Å². The maximum atomic E-state index is 12.9. The third kappa shape index (κ3) is 3.54. The molecule has 3 heterocycles. The van der Waals surface area contributed by atoms with Gasteiger partial charge in [0.1, 0.15) is 21.9 Å². The van der Waals surface area contributed by atoms with Crippen molar-refractivity contribution in [2.24, 2.45) is 7.05 Å². The van der Waals surface area contributed by atoms with Gasteiger partial charge in [0.05, 0.1) is 17.1 Å². The summed E-state index contributed by atoms with van der Waals surface area (Å²) < 4.78 is 3.29. The van der Waals surface area contributed by atoms with Crippen molar-refractivity contribution in [3.05, 3.63) is 63.1 Å². The second-order valence-electron chi connectivity index (χ2n) is 6.92. The van der Waals surface area contributed by atoms with Crippen LogP contribution in [-0.2, 0) is 11.8 Å². The van der Waals surface area contributed by atoms with Gasteiger partial charge in [0.2, 0.25) is 5.91 Å². The molecule has 0 saturated carbocycles. The number of fused-ring (bicyclic) bond motifs is 1. The first kappa shape index (κ1) is 20.4. The molecule has 0 aliphatic rings. The number of rotatable bonds is 5. The first-order valence-corrected chi connectivity index (χ1v) is 11.2. The highest BCUT2D eigenvalue weighted by molar-refractivity contribution is 8.00. The molecule has 0 bridgehead atoms. The zero-order chi connectivity index (χ0) is 21.4. The molecule has 0 unspecified atom stereocenters. The van der Waals surface area contributed by atoms with Crippen LogP contribution in [0.15, 0.2) is 46.5 Å². The van der Waals surface area contributed by atoms with Crippen molar-refractivity contribution in [1.82, 2.24) is 19.3 Å². The first-order valence-electron chi connectivity index (χ1n) is 9.36. The van der Waals surface area contributed by atoms with E-state index in [1.807, 2.05) is 44.2 Å². The van der Waals surface area contributed by atoms with Crippen molar-refractivity contribution in [2.45, 2.75) is 25.8 Å². The van der Waals surface area contributed by atoms with Gasteiger partial charge >= 0.3 is 0 Å².